The van der Waals surface area contributed by atoms with Gasteiger partial charge < -0.3 is 10.6 Å². The van der Waals surface area contributed by atoms with Crippen molar-refractivity contribution in [3.05, 3.63) is 0 Å². The van der Waals surface area contributed by atoms with Crippen molar-refractivity contribution < 1.29 is 4.79 Å². The van der Waals surface area contributed by atoms with E-state index in [-0.39, 0.29) is 5.91 Å². The molecule has 0 unspecified atom stereocenters. The van der Waals surface area contributed by atoms with Gasteiger partial charge in [-0.25, -0.2) is 0 Å². The molecule has 0 radical (unpaired) electrons. The van der Waals surface area contributed by atoms with Crippen LogP contribution in [0.4, 0.5) is 0 Å². The van der Waals surface area contributed by atoms with Crippen LogP contribution in [-0.2, 0) is 4.79 Å². The van der Waals surface area contributed by atoms with Crippen molar-refractivity contribution in [1.29, 1.82) is 0 Å². The Hall–Kier alpha value is -0.570. The number of nitrogens with one attached hydrogen (secondary N) is 2. The van der Waals surface area contributed by atoms with Crippen molar-refractivity contribution >= 4 is 5.91 Å². The van der Waals surface area contributed by atoms with E-state index < -0.39 is 0 Å². The van der Waals surface area contributed by atoms with Gasteiger partial charge in [-0.05, 0) is 43.7 Å². The maximum Gasteiger partial charge on any atom is 0.220 e. The second kappa shape index (κ2) is 6.39. The lowest BCUT2D eigenvalue weighted by atomic mass is 9.81. The number of carbonyl (C=O) groups excluding carboxylic acids is 1. The second-order valence-electron chi connectivity index (χ2n) is 5.83. The minimum atomic E-state index is 0.258. The molecule has 0 aromatic rings. The Morgan fingerprint density at radius 1 is 1.12 bits per heavy atom. The van der Waals surface area contributed by atoms with Gasteiger partial charge in [0.05, 0.1) is 0 Å². The quantitative estimate of drug-likeness (QED) is 0.768. The molecule has 1 heterocycles. The lowest BCUT2D eigenvalue weighted by Crippen LogP contribution is -2.45. The Morgan fingerprint density at radius 2 is 1.76 bits per heavy atom. The van der Waals surface area contributed by atoms with E-state index in [4.69, 9.17) is 0 Å². The monoisotopic (exact) mass is 238 g/mol. The second-order valence-corrected chi connectivity index (χ2v) is 5.83. The zero-order valence-electron chi connectivity index (χ0n) is 11.0. The van der Waals surface area contributed by atoms with Gasteiger partial charge in [-0.15, -0.1) is 0 Å². The summed E-state index contributed by atoms with van der Waals surface area (Å²) in [5.41, 5.74) is 0. The molecule has 3 heteroatoms. The third-order valence-corrected chi connectivity index (χ3v) is 4.47. The van der Waals surface area contributed by atoms with E-state index in [0.717, 1.165) is 37.9 Å². The molecule has 0 spiro atoms. The smallest absolute Gasteiger partial charge is 0.220 e. The van der Waals surface area contributed by atoms with Crippen LogP contribution in [0.2, 0.25) is 0 Å². The molecule has 98 valence electrons. The summed E-state index contributed by atoms with van der Waals surface area (Å²) in [5.74, 6) is 2.53. The normalized spacial score (nSPS) is 29.7. The van der Waals surface area contributed by atoms with Gasteiger partial charge in [0.25, 0.3) is 0 Å². The maximum atomic E-state index is 11.7. The molecule has 0 aromatic carbocycles. The molecule has 1 aliphatic heterocycles. The van der Waals surface area contributed by atoms with Crippen molar-refractivity contribution in [2.24, 2.45) is 17.8 Å². The molecule has 3 nitrogen and oxygen atoms in total. The highest BCUT2D eigenvalue weighted by Crippen LogP contribution is 2.30. The number of hydrogen-bond donors (Lipinski definition) is 2. The molecular formula is C14H26N2O. The predicted molar refractivity (Wildman–Crippen MR) is 69.7 cm³/mol. The highest BCUT2D eigenvalue weighted by Gasteiger charge is 2.22. The van der Waals surface area contributed by atoms with E-state index in [1.165, 1.54) is 32.1 Å². The number of rotatable bonds is 5. The lowest BCUT2D eigenvalue weighted by Gasteiger charge is -2.29. The number of hydrogen-bond acceptors (Lipinski definition) is 2. The highest BCUT2D eigenvalue weighted by molar-refractivity contribution is 5.76. The van der Waals surface area contributed by atoms with Gasteiger partial charge in [-0.1, -0.05) is 26.2 Å². The Labute approximate surface area is 105 Å². The van der Waals surface area contributed by atoms with Crippen LogP contribution in [0.3, 0.4) is 0 Å². The maximum absolute atomic E-state index is 11.7. The molecule has 2 fully saturated rings. The molecule has 2 aliphatic rings. The van der Waals surface area contributed by atoms with Gasteiger partial charge in [0.15, 0.2) is 0 Å². The Bertz CT molecular complexity index is 243. The van der Waals surface area contributed by atoms with Crippen LogP contribution in [0.15, 0.2) is 0 Å². The molecule has 17 heavy (non-hydrogen) atoms. The first-order valence-corrected chi connectivity index (χ1v) is 7.25. The third-order valence-electron chi connectivity index (χ3n) is 4.47. The Kier molecular flexibility index (Phi) is 4.84. The first kappa shape index (κ1) is 12.9. The van der Waals surface area contributed by atoms with E-state index in [0.29, 0.717) is 5.92 Å². The number of carbonyl (C=O) groups is 1. The van der Waals surface area contributed by atoms with Gasteiger partial charge in [0.1, 0.15) is 0 Å². The minimum absolute atomic E-state index is 0.258. The molecule has 1 amide bonds. The fraction of sp³-hybridized carbons (Fsp3) is 0.929. The average molecular weight is 238 g/mol. The standard InChI is InChI=1S/C14H26N2O/c1-2-11-3-5-12(6-4-11)10-16-14(17)7-13-8-15-9-13/h11-13,15H,2-10H2,1H3,(H,16,17). The van der Waals surface area contributed by atoms with Crippen molar-refractivity contribution in [1.82, 2.24) is 10.6 Å². The summed E-state index contributed by atoms with van der Waals surface area (Å²) in [5, 5.41) is 6.32. The fourth-order valence-corrected chi connectivity index (χ4v) is 2.93. The summed E-state index contributed by atoms with van der Waals surface area (Å²) in [7, 11) is 0. The van der Waals surface area contributed by atoms with Crippen molar-refractivity contribution in [3.63, 3.8) is 0 Å². The largest absolute Gasteiger partial charge is 0.356 e. The van der Waals surface area contributed by atoms with Gasteiger partial charge in [-0.2, -0.15) is 0 Å². The molecule has 1 aliphatic carbocycles. The highest BCUT2D eigenvalue weighted by atomic mass is 16.1. The molecule has 0 bridgehead atoms. The van der Waals surface area contributed by atoms with E-state index in [2.05, 4.69) is 17.6 Å². The Morgan fingerprint density at radius 3 is 2.29 bits per heavy atom. The van der Waals surface area contributed by atoms with Crippen LogP contribution in [-0.4, -0.2) is 25.5 Å². The molecule has 0 aromatic heterocycles. The van der Waals surface area contributed by atoms with Crippen molar-refractivity contribution in [3.8, 4) is 0 Å². The lowest BCUT2D eigenvalue weighted by molar-refractivity contribution is -0.122. The van der Waals surface area contributed by atoms with Crippen molar-refractivity contribution in [2.75, 3.05) is 19.6 Å². The summed E-state index contributed by atoms with van der Waals surface area (Å²) in [6.45, 7) is 5.25. The van der Waals surface area contributed by atoms with Crippen LogP contribution in [0.5, 0.6) is 0 Å². The summed E-state index contributed by atoms with van der Waals surface area (Å²) in [6, 6.07) is 0. The van der Waals surface area contributed by atoms with Crippen LogP contribution in [0.1, 0.15) is 45.4 Å². The van der Waals surface area contributed by atoms with Gasteiger partial charge in [-0.3, -0.25) is 4.79 Å². The van der Waals surface area contributed by atoms with Crippen LogP contribution in [0, 0.1) is 17.8 Å². The van der Waals surface area contributed by atoms with Crippen LogP contribution in [0.25, 0.3) is 0 Å². The zero-order chi connectivity index (χ0) is 12.1. The van der Waals surface area contributed by atoms with Gasteiger partial charge >= 0.3 is 0 Å². The Balaban J connectivity index is 1.56. The SMILES string of the molecule is CCC1CCC(CNC(=O)CC2CNC2)CC1. The van der Waals surface area contributed by atoms with E-state index in [9.17, 15) is 4.79 Å². The van der Waals surface area contributed by atoms with Crippen LogP contribution >= 0.6 is 0 Å². The number of amides is 1. The summed E-state index contributed by atoms with van der Waals surface area (Å²) < 4.78 is 0. The molecule has 1 saturated carbocycles. The molecule has 2 N–H and O–H groups in total. The van der Waals surface area contributed by atoms with Gasteiger partial charge in [0.2, 0.25) is 5.91 Å². The summed E-state index contributed by atoms with van der Waals surface area (Å²) in [4.78, 5) is 11.7. The minimum Gasteiger partial charge on any atom is -0.356 e. The summed E-state index contributed by atoms with van der Waals surface area (Å²) in [6.07, 6.45) is 7.39. The zero-order valence-corrected chi connectivity index (χ0v) is 11.0. The average Bonchev–Trinajstić information content (AvgIpc) is 2.32. The topological polar surface area (TPSA) is 41.1 Å². The van der Waals surface area contributed by atoms with Crippen LogP contribution < -0.4 is 10.6 Å². The fourth-order valence-electron chi connectivity index (χ4n) is 2.93. The first-order valence-electron chi connectivity index (χ1n) is 7.25. The molecule has 2 rings (SSSR count). The summed E-state index contributed by atoms with van der Waals surface area (Å²) >= 11 is 0. The third kappa shape index (κ3) is 3.98. The van der Waals surface area contributed by atoms with Gasteiger partial charge in [0, 0.05) is 13.0 Å². The van der Waals surface area contributed by atoms with Crippen molar-refractivity contribution in [2.45, 2.75) is 45.4 Å². The van der Waals surface area contributed by atoms with E-state index >= 15 is 0 Å². The molecule has 1 saturated heterocycles. The van der Waals surface area contributed by atoms with E-state index in [1.807, 2.05) is 0 Å². The molecular weight excluding hydrogens is 212 g/mol. The van der Waals surface area contributed by atoms with E-state index in [1.54, 1.807) is 0 Å². The molecule has 0 atom stereocenters. The first-order chi connectivity index (χ1) is 8.28. The predicted octanol–water partition coefficient (Wildman–Crippen LogP) is 1.93.